The Bertz CT molecular complexity index is 981. The molecule has 0 aliphatic heterocycles. The first-order chi connectivity index (χ1) is 14.1. The molecule has 0 atom stereocenters. The number of nitrogens with one attached hydrogen (secondary N) is 2. The number of aromatic nitrogens is 2. The van der Waals surface area contributed by atoms with E-state index in [4.69, 9.17) is 17.3 Å². The number of rotatable bonds is 9. The number of nitrogens with zero attached hydrogens (tertiary/aromatic N) is 3. The van der Waals surface area contributed by atoms with E-state index < -0.39 is 4.92 Å². The lowest BCUT2D eigenvalue weighted by molar-refractivity contribution is -0.384. The molecule has 0 fully saturated rings. The van der Waals surface area contributed by atoms with Crippen molar-refractivity contribution >= 4 is 34.7 Å². The van der Waals surface area contributed by atoms with Crippen LogP contribution in [0.15, 0.2) is 54.7 Å². The fourth-order valence-electron chi connectivity index (χ4n) is 2.88. The van der Waals surface area contributed by atoms with Crippen LogP contribution in [-0.4, -0.2) is 28.0 Å². The average Bonchev–Trinajstić information content (AvgIpc) is 2.71. The van der Waals surface area contributed by atoms with Crippen molar-refractivity contribution in [3.63, 3.8) is 0 Å². The number of hydrogen-bond donors (Lipinski definition) is 3. The summed E-state index contributed by atoms with van der Waals surface area (Å²) in [5, 5.41) is 18.0. The SMILES string of the molecule is NCCc1ccccc1CCNc1nc(Nc2ccc(Cl)cc2)ncc1[N+](=O)[O-]. The second-order valence-corrected chi connectivity index (χ2v) is 6.74. The number of nitrogens with two attached hydrogens (primary N) is 1. The highest BCUT2D eigenvalue weighted by Crippen LogP contribution is 2.24. The Labute approximate surface area is 173 Å². The summed E-state index contributed by atoms with van der Waals surface area (Å²) in [6.07, 6.45) is 2.67. The topological polar surface area (TPSA) is 119 Å². The minimum atomic E-state index is -0.503. The second-order valence-electron chi connectivity index (χ2n) is 6.30. The quantitative estimate of drug-likeness (QED) is 0.359. The first-order valence-electron chi connectivity index (χ1n) is 9.11. The van der Waals surface area contributed by atoms with E-state index in [9.17, 15) is 10.1 Å². The molecule has 2 aromatic carbocycles. The zero-order chi connectivity index (χ0) is 20.6. The molecule has 0 aliphatic carbocycles. The van der Waals surface area contributed by atoms with Crippen LogP contribution in [0.1, 0.15) is 11.1 Å². The predicted octanol–water partition coefficient (Wildman–Crippen LogP) is 3.94. The van der Waals surface area contributed by atoms with Crippen LogP contribution in [-0.2, 0) is 12.8 Å². The smallest absolute Gasteiger partial charge is 0.329 e. The highest BCUT2D eigenvalue weighted by Gasteiger charge is 2.17. The normalized spacial score (nSPS) is 10.6. The minimum absolute atomic E-state index is 0.165. The average molecular weight is 413 g/mol. The number of nitro groups is 1. The molecule has 4 N–H and O–H groups in total. The molecule has 0 radical (unpaired) electrons. The van der Waals surface area contributed by atoms with Gasteiger partial charge in [-0.3, -0.25) is 10.1 Å². The Morgan fingerprint density at radius 1 is 1.07 bits per heavy atom. The van der Waals surface area contributed by atoms with Crippen molar-refractivity contribution in [1.29, 1.82) is 0 Å². The molecular weight excluding hydrogens is 392 g/mol. The predicted molar refractivity (Wildman–Crippen MR) is 115 cm³/mol. The van der Waals surface area contributed by atoms with Gasteiger partial charge >= 0.3 is 5.69 Å². The van der Waals surface area contributed by atoms with Gasteiger partial charge < -0.3 is 16.4 Å². The first kappa shape index (κ1) is 20.5. The van der Waals surface area contributed by atoms with Gasteiger partial charge in [0.2, 0.25) is 11.8 Å². The van der Waals surface area contributed by atoms with Crippen molar-refractivity contribution < 1.29 is 4.92 Å². The van der Waals surface area contributed by atoms with Gasteiger partial charge in [-0.2, -0.15) is 4.98 Å². The van der Waals surface area contributed by atoms with Crippen molar-refractivity contribution in [3.05, 3.63) is 81.0 Å². The maximum Gasteiger partial charge on any atom is 0.329 e. The van der Waals surface area contributed by atoms with Crippen molar-refractivity contribution in [2.45, 2.75) is 12.8 Å². The van der Waals surface area contributed by atoms with Crippen LogP contribution in [0.5, 0.6) is 0 Å². The van der Waals surface area contributed by atoms with Gasteiger partial charge in [-0.1, -0.05) is 35.9 Å². The first-order valence-corrected chi connectivity index (χ1v) is 9.49. The molecule has 29 heavy (non-hydrogen) atoms. The third-order valence-electron chi connectivity index (χ3n) is 4.29. The van der Waals surface area contributed by atoms with Crippen molar-refractivity contribution in [2.75, 3.05) is 23.7 Å². The van der Waals surface area contributed by atoms with Crippen LogP contribution < -0.4 is 16.4 Å². The lowest BCUT2D eigenvalue weighted by Gasteiger charge is -2.11. The van der Waals surface area contributed by atoms with Gasteiger partial charge in [0.25, 0.3) is 0 Å². The molecule has 0 unspecified atom stereocenters. The molecule has 0 aliphatic rings. The van der Waals surface area contributed by atoms with Crippen LogP contribution in [0.4, 0.5) is 23.1 Å². The minimum Gasteiger partial charge on any atom is -0.364 e. The van der Waals surface area contributed by atoms with Gasteiger partial charge in [0, 0.05) is 17.3 Å². The molecule has 3 aromatic rings. The summed E-state index contributed by atoms with van der Waals surface area (Å²) < 4.78 is 0. The van der Waals surface area contributed by atoms with E-state index in [0.29, 0.717) is 24.5 Å². The van der Waals surface area contributed by atoms with Crippen molar-refractivity contribution in [2.24, 2.45) is 5.73 Å². The molecule has 0 bridgehead atoms. The third kappa shape index (κ3) is 5.63. The maximum atomic E-state index is 11.3. The lowest BCUT2D eigenvalue weighted by Crippen LogP contribution is -2.12. The summed E-state index contributed by atoms with van der Waals surface area (Å²) in [4.78, 5) is 19.1. The molecular formula is C20H21ClN6O2. The van der Waals surface area contributed by atoms with Gasteiger partial charge in [0.05, 0.1) is 4.92 Å². The molecule has 3 rings (SSSR count). The largest absolute Gasteiger partial charge is 0.364 e. The van der Waals surface area contributed by atoms with Crippen LogP contribution >= 0.6 is 11.6 Å². The second kappa shape index (κ2) is 9.81. The number of benzene rings is 2. The van der Waals surface area contributed by atoms with Gasteiger partial charge in [-0.05, 0) is 54.8 Å². The standard InChI is InChI=1S/C20H21ClN6O2/c21-16-5-7-17(8-6-16)25-20-24-13-18(27(28)29)19(26-20)23-12-10-15-4-2-1-3-14(15)9-11-22/h1-8,13H,9-12,22H2,(H2,23,24,25,26). The molecule has 0 saturated heterocycles. The summed E-state index contributed by atoms with van der Waals surface area (Å²) in [5.74, 6) is 0.418. The van der Waals surface area contributed by atoms with E-state index >= 15 is 0 Å². The summed E-state index contributed by atoms with van der Waals surface area (Å²) in [7, 11) is 0. The van der Waals surface area contributed by atoms with E-state index in [1.165, 1.54) is 11.8 Å². The van der Waals surface area contributed by atoms with Crippen LogP contribution in [0, 0.1) is 10.1 Å². The molecule has 150 valence electrons. The third-order valence-corrected chi connectivity index (χ3v) is 4.54. The number of halogens is 1. The summed E-state index contributed by atoms with van der Waals surface area (Å²) in [5.41, 5.74) is 8.55. The van der Waals surface area contributed by atoms with Crippen LogP contribution in [0.3, 0.4) is 0 Å². The highest BCUT2D eigenvalue weighted by atomic mass is 35.5. The van der Waals surface area contributed by atoms with E-state index in [-0.39, 0.29) is 17.5 Å². The molecule has 0 amide bonds. The monoisotopic (exact) mass is 412 g/mol. The Morgan fingerprint density at radius 2 is 1.76 bits per heavy atom. The zero-order valence-corrected chi connectivity index (χ0v) is 16.4. The summed E-state index contributed by atoms with van der Waals surface area (Å²) in [6, 6.07) is 15.0. The fourth-order valence-corrected chi connectivity index (χ4v) is 3.00. The van der Waals surface area contributed by atoms with Crippen molar-refractivity contribution in [1.82, 2.24) is 9.97 Å². The number of anilines is 3. The Balaban J connectivity index is 1.73. The lowest BCUT2D eigenvalue weighted by atomic mass is 10.0. The highest BCUT2D eigenvalue weighted by molar-refractivity contribution is 6.30. The van der Waals surface area contributed by atoms with E-state index in [1.807, 2.05) is 24.3 Å². The van der Waals surface area contributed by atoms with Gasteiger partial charge in [0.1, 0.15) is 6.20 Å². The molecule has 0 spiro atoms. The molecule has 1 aromatic heterocycles. The molecule has 0 saturated carbocycles. The molecule has 9 heteroatoms. The zero-order valence-electron chi connectivity index (χ0n) is 15.6. The molecule has 8 nitrogen and oxygen atoms in total. The molecule has 1 heterocycles. The van der Waals surface area contributed by atoms with E-state index in [2.05, 4.69) is 20.6 Å². The summed E-state index contributed by atoms with van der Waals surface area (Å²) in [6.45, 7) is 1.06. The van der Waals surface area contributed by atoms with Crippen LogP contribution in [0.25, 0.3) is 0 Å². The van der Waals surface area contributed by atoms with Gasteiger partial charge in [-0.25, -0.2) is 4.98 Å². The van der Waals surface area contributed by atoms with E-state index in [1.54, 1.807) is 24.3 Å². The van der Waals surface area contributed by atoms with Gasteiger partial charge in [-0.15, -0.1) is 0 Å². The number of hydrogen-bond acceptors (Lipinski definition) is 7. The van der Waals surface area contributed by atoms with Crippen molar-refractivity contribution in [3.8, 4) is 0 Å². The van der Waals surface area contributed by atoms with Crippen LogP contribution in [0.2, 0.25) is 5.02 Å². The maximum absolute atomic E-state index is 11.3. The Morgan fingerprint density at radius 3 is 2.41 bits per heavy atom. The summed E-state index contributed by atoms with van der Waals surface area (Å²) >= 11 is 5.88. The Kier molecular flexibility index (Phi) is 6.94. The van der Waals surface area contributed by atoms with E-state index in [0.717, 1.165) is 17.7 Å². The fraction of sp³-hybridized carbons (Fsp3) is 0.200. The van der Waals surface area contributed by atoms with Gasteiger partial charge in [0.15, 0.2) is 0 Å². The Hall–Kier alpha value is -3.23.